The van der Waals surface area contributed by atoms with Crippen molar-refractivity contribution in [1.29, 1.82) is 0 Å². The van der Waals surface area contributed by atoms with E-state index < -0.39 is 11.2 Å². The van der Waals surface area contributed by atoms with Crippen LogP contribution in [0, 0.1) is 0 Å². The van der Waals surface area contributed by atoms with Gasteiger partial charge in [-0.15, -0.1) is 10.2 Å². The number of nitrogens with one attached hydrogen (secondary N) is 1. The normalized spacial score (nSPS) is 11.9. The zero-order valence-electron chi connectivity index (χ0n) is 15.7. The van der Waals surface area contributed by atoms with Crippen LogP contribution in [0.15, 0.2) is 52.2 Å². The molecule has 3 N–H and O–H groups in total. The fraction of sp³-hybridized carbons (Fsp3) is 0.263. The summed E-state index contributed by atoms with van der Waals surface area (Å²) in [7, 11) is 0. The van der Waals surface area contributed by atoms with Crippen molar-refractivity contribution in [2.45, 2.75) is 36.7 Å². The summed E-state index contributed by atoms with van der Waals surface area (Å²) in [6.07, 6.45) is 2.09. The second-order valence-corrected chi connectivity index (χ2v) is 7.97. The van der Waals surface area contributed by atoms with Gasteiger partial charge in [0, 0.05) is 12.8 Å². The summed E-state index contributed by atoms with van der Waals surface area (Å²) >= 11 is 7.36. The van der Waals surface area contributed by atoms with Crippen LogP contribution in [0.25, 0.3) is 0 Å². The molecule has 0 saturated heterocycles. The Morgan fingerprint density at radius 1 is 1.28 bits per heavy atom. The Kier molecular flexibility index (Phi) is 6.95. The maximum absolute atomic E-state index is 12.6. The van der Waals surface area contributed by atoms with Crippen LogP contribution < -0.4 is 11.1 Å². The van der Waals surface area contributed by atoms with Gasteiger partial charge < -0.3 is 15.5 Å². The number of rotatable bonds is 9. The molecule has 0 radical (unpaired) electrons. The third-order valence-corrected chi connectivity index (χ3v) is 5.48. The van der Waals surface area contributed by atoms with E-state index in [4.69, 9.17) is 21.8 Å². The maximum atomic E-state index is 12.6. The average molecular weight is 434 g/mol. The van der Waals surface area contributed by atoms with E-state index in [-0.39, 0.29) is 12.3 Å². The van der Waals surface area contributed by atoms with Gasteiger partial charge in [0.1, 0.15) is 11.6 Å². The number of carbonyl (C=O) groups is 2. The van der Waals surface area contributed by atoms with Gasteiger partial charge in [0.15, 0.2) is 5.16 Å². The van der Waals surface area contributed by atoms with Gasteiger partial charge in [0.2, 0.25) is 11.8 Å². The van der Waals surface area contributed by atoms with E-state index in [1.165, 1.54) is 11.8 Å². The van der Waals surface area contributed by atoms with Crippen LogP contribution >= 0.6 is 23.4 Å². The zero-order chi connectivity index (χ0) is 20.8. The van der Waals surface area contributed by atoms with Crippen molar-refractivity contribution in [2.75, 3.05) is 5.32 Å². The highest BCUT2D eigenvalue weighted by molar-refractivity contribution is 8.00. The third kappa shape index (κ3) is 5.61. The maximum Gasteiger partial charge on any atom is 0.237 e. The van der Waals surface area contributed by atoms with Crippen molar-refractivity contribution < 1.29 is 14.0 Å². The predicted molar refractivity (Wildman–Crippen MR) is 111 cm³/mol. The van der Waals surface area contributed by atoms with Crippen LogP contribution in [0.3, 0.4) is 0 Å². The van der Waals surface area contributed by atoms with Gasteiger partial charge >= 0.3 is 0 Å². The van der Waals surface area contributed by atoms with Crippen LogP contribution in [0.4, 0.5) is 5.69 Å². The van der Waals surface area contributed by atoms with E-state index in [2.05, 4.69) is 15.5 Å². The number of carbonyl (C=O) groups excluding carboxylic acids is 2. The average Bonchev–Trinajstić information content (AvgIpc) is 3.33. The second kappa shape index (κ2) is 9.62. The number of para-hydroxylation sites is 1. The van der Waals surface area contributed by atoms with Gasteiger partial charge in [0.05, 0.1) is 28.8 Å². The largest absolute Gasteiger partial charge is 0.467 e. The molecule has 8 nitrogen and oxygen atoms in total. The van der Waals surface area contributed by atoms with Gasteiger partial charge in [-0.05, 0) is 31.2 Å². The Bertz CT molecular complexity index is 990. The molecule has 2 heterocycles. The SMILES string of the molecule is CC(Sc1nnc(CCC(N)=O)n1Cc1ccco1)C(=O)Nc1ccccc1Cl. The Hall–Kier alpha value is -2.78. The van der Waals surface area contributed by atoms with Crippen molar-refractivity contribution in [3.8, 4) is 0 Å². The molecule has 2 amide bonds. The van der Waals surface area contributed by atoms with Crippen LogP contribution in [0.1, 0.15) is 24.9 Å². The Morgan fingerprint density at radius 3 is 2.76 bits per heavy atom. The molecule has 0 bridgehead atoms. The first-order valence-electron chi connectivity index (χ1n) is 8.89. The molecule has 29 heavy (non-hydrogen) atoms. The number of furan rings is 1. The van der Waals surface area contributed by atoms with E-state index in [0.29, 0.717) is 40.4 Å². The first-order valence-corrected chi connectivity index (χ1v) is 10.1. The van der Waals surface area contributed by atoms with Crippen LogP contribution in [-0.4, -0.2) is 31.8 Å². The van der Waals surface area contributed by atoms with Gasteiger partial charge in [-0.3, -0.25) is 14.2 Å². The highest BCUT2D eigenvalue weighted by Gasteiger charge is 2.21. The smallest absolute Gasteiger partial charge is 0.237 e. The number of anilines is 1. The van der Waals surface area contributed by atoms with E-state index in [0.717, 1.165) is 0 Å². The fourth-order valence-corrected chi connectivity index (χ4v) is 3.60. The molecule has 0 fully saturated rings. The lowest BCUT2D eigenvalue weighted by Gasteiger charge is -2.14. The highest BCUT2D eigenvalue weighted by Crippen LogP contribution is 2.26. The number of halogens is 1. The monoisotopic (exact) mass is 433 g/mol. The first kappa shape index (κ1) is 20.9. The zero-order valence-corrected chi connectivity index (χ0v) is 17.2. The number of primary amides is 1. The molecule has 0 aliphatic heterocycles. The molecule has 0 aliphatic rings. The molecule has 3 aromatic rings. The molecule has 1 atom stereocenters. The predicted octanol–water partition coefficient (Wildman–Crippen LogP) is 3.11. The van der Waals surface area contributed by atoms with Crippen molar-refractivity contribution in [3.05, 3.63) is 59.3 Å². The molecular weight excluding hydrogens is 414 g/mol. The number of hydrogen-bond donors (Lipinski definition) is 2. The van der Waals surface area contributed by atoms with Gasteiger partial charge in [-0.25, -0.2) is 0 Å². The number of aryl methyl sites for hydroxylation is 1. The summed E-state index contributed by atoms with van der Waals surface area (Å²) in [5.74, 6) is 0.676. The summed E-state index contributed by atoms with van der Waals surface area (Å²) in [5, 5.41) is 11.7. The molecule has 152 valence electrons. The molecule has 10 heteroatoms. The number of nitrogens with two attached hydrogens (primary N) is 1. The van der Waals surface area contributed by atoms with E-state index in [1.54, 1.807) is 43.5 Å². The van der Waals surface area contributed by atoms with Crippen LogP contribution in [0.2, 0.25) is 5.02 Å². The lowest BCUT2D eigenvalue weighted by molar-refractivity contribution is -0.118. The van der Waals surface area contributed by atoms with Gasteiger partial charge in [0.25, 0.3) is 0 Å². The Balaban J connectivity index is 1.75. The van der Waals surface area contributed by atoms with E-state index in [9.17, 15) is 9.59 Å². The van der Waals surface area contributed by atoms with E-state index >= 15 is 0 Å². The van der Waals surface area contributed by atoms with Crippen molar-refractivity contribution in [1.82, 2.24) is 14.8 Å². The lowest BCUT2D eigenvalue weighted by Crippen LogP contribution is -2.23. The fourth-order valence-electron chi connectivity index (χ4n) is 2.55. The third-order valence-electron chi connectivity index (χ3n) is 4.07. The van der Waals surface area contributed by atoms with Gasteiger partial charge in [-0.2, -0.15) is 0 Å². The van der Waals surface area contributed by atoms with Crippen LogP contribution in [-0.2, 0) is 22.6 Å². The minimum absolute atomic E-state index is 0.156. The molecule has 0 spiro atoms. The molecule has 1 unspecified atom stereocenters. The Labute approximate surface area is 176 Å². The molecule has 0 aliphatic carbocycles. The summed E-state index contributed by atoms with van der Waals surface area (Å²) in [5.41, 5.74) is 5.80. The highest BCUT2D eigenvalue weighted by atomic mass is 35.5. The van der Waals surface area contributed by atoms with Crippen molar-refractivity contribution in [2.24, 2.45) is 5.73 Å². The van der Waals surface area contributed by atoms with Crippen LogP contribution in [0.5, 0.6) is 0 Å². The molecule has 3 rings (SSSR count). The summed E-state index contributed by atoms with van der Waals surface area (Å²) < 4.78 is 7.24. The first-order chi connectivity index (χ1) is 13.9. The number of hydrogen-bond acceptors (Lipinski definition) is 6. The second-order valence-electron chi connectivity index (χ2n) is 6.26. The van der Waals surface area contributed by atoms with E-state index in [1.807, 2.05) is 10.6 Å². The number of aromatic nitrogens is 3. The number of thioether (sulfide) groups is 1. The quantitative estimate of drug-likeness (QED) is 0.501. The lowest BCUT2D eigenvalue weighted by atomic mass is 10.3. The minimum atomic E-state index is -0.463. The summed E-state index contributed by atoms with van der Waals surface area (Å²) in [6, 6.07) is 10.7. The number of nitrogens with zero attached hydrogens (tertiary/aromatic N) is 3. The Morgan fingerprint density at radius 2 is 2.07 bits per heavy atom. The molecule has 1 aromatic carbocycles. The summed E-state index contributed by atoms with van der Waals surface area (Å²) in [4.78, 5) is 23.7. The standard InChI is InChI=1S/C19H20ClN5O3S/c1-12(18(27)22-15-7-3-2-6-14(15)20)29-19-24-23-17(9-8-16(21)26)25(19)11-13-5-4-10-28-13/h2-7,10,12H,8-9,11H2,1H3,(H2,21,26)(H,22,27). The van der Waals surface area contributed by atoms with Crippen molar-refractivity contribution in [3.63, 3.8) is 0 Å². The number of benzene rings is 1. The molecule has 2 aromatic heterocycles. The minimum Gasteiger partial charge on any atom is -0.467 e. The summed E-state index contributed by atoms with van der Waals surface area (Å²) in [6.45, 7) is 2.15. The van der Waals surface area contributed by atoms with Crippen molar-refractivity contribution >= 4 is 40.9 Å². The molecular formula is C19H20ClN5O3S. The topological polar surface area (TPSA) is 116 Å². The van der Waals surface area contributed by atoms with Gasteiger partial charge in [-0.1, -0.05) is 35.5 Å². The molecule has 0 saturated carbocycles. The number of amides is 2.